The minimum Gasteiger partial charge on any atom is -0.491 e. The lowest BCUT2D eigenvalue weighted by molar-refractivity contribution is -0.135. The predicted molar refractivity (Wildman–Crippen MR) is 98.1 cm³/mol. The van der Waals surface area contributed by atoms with Gasteiger partial charge in [-0.25, -0.2) is 4.79 Å². The summed E-state index contributed by atoms with van der Waals surface area (Å²) >= 11 is 0. The van der Waals surface area contributed by atoms with E-state index in [2.05, 4.69) is 0 Å². The largest absolute Gasteiger partial charge is 0.491 e. The number of carbonyl (C=O) groups is 2. The fraction of sp³-hybridized carbons (Fsp3) is 0.600. The molecule has 2 fully saturated rings. The van der Waals surface area contributed by atoms with E-state index in [1.165, 1.54) is 4.90 Å². The fourth-order valence-corrected chi connectivity index (χ4v) is 4.16. The quantitative estimate of drug-likeness (QED) is 0.820. The third kappa shape index (κ3) is 3.43. The van der Waals surface area contributed by atoms with Gasteiger partial charge >= 0.3 is 6.03 Å². The van der Waals surface area contributed by atoms with Crippen LogP contribution >= 0.6 is 0 Å². The maximum absolute atomic E-state index is 12.9. The molecule has 1 aliphatic heterocycles. The standard InChI is InChI=1S/C20H28N2O4/c1-14-9-15(2)11-17(10-14)26-13-16(23)12-22-18(24)20(21(3)19(22)25)7-5-4-6-8-20/h9-11,16,23H,4-8,12-13H2,1-3H3. The van der Waals surface area contributed by atoms with Gasteiger partial charge in [0.15, 0.2) is 0 Å². The van der Waals surface area contributed by atoms with Gasteiger partial charge in [-0.3, -0.25) is 9.69 Å². The normalized spacial score (nSPS) is 20.8. The first-order chi connectivity index (χ1) is 12.3. The summed E-state index contributed by atoms with van der Waals surface area (Å²) in [5.74, 6) is 0.511. The topological polar surface area (TPSA) is 70.1 Å². The number of aliphatic hydroxyl groups excluding tert-OH is 1. The third-order valence-electron chi connectivity index (χ3n) is 5.51. The lowest BCUT2D eigenvalue weighted by Crippen LogP contribution is -2.49. The lowest BCUT2D eigenvalue weighted by atomic mass is 9.81. The fourth-order valence-electron chi connectivity index (χ4n) is 4.16. The number of urea groups is 1. The van der Waals surface area contributed by atoms with Crippen molar-refractivity contribution in [2.45, 2.75) is 57.6 Å². The highest BCUT2D eigenvalue weighted by molar-refractivity contribution is 6.07. The summed E-state index contributed by atoms with van der Waals surface area (Å²) in [6.45, 7) is 3.97. The van der Waals surface area contributed by atoms with Crippen molar-refractivity contribution >= 4 is 11.9 Å². The Bertz CT molecular complexity index is 677. The molecular weight excluding hydrogens is 332 g/mol. The second kappa shape index (κ2) is 7.27. The number of aryl methyl sites for hydroxylation is 2. The van der Waals surface area contributed by atoms with E-state index in [-0.39, 0.29) is 25.1 Å². The van der Waals surface area contributed by atoms with E-state index >= 15 is 0 Å². The van der Waals surface area contributed by atoms with E-state index in [0.717, 1.165) is 30.4 Å². The number of hydrogen-bond acceptors (Lipinski definition) is 4. The zero-order chi connectivity index (χ0) is 18.9. The Morgan fingerprint density at radius 2 is 1.73 bits per heavy atom. The average molecular weight is 360 g/mol. The van der Waals surface area contributed by atoms with Crippen LogP contribution in [0, 0.1) is 13.8 Å². The first-order valence-electron chi connectivity index (χ1n) is 9.32. The molecule has 0 aromatic heterocycles. The predicted octanol–water partition coefficient (Wildman–Crippen LogP) is 2.64. The molecule has 1 N–H and O–H groups in total. The van der Waals surface area contributed by atoms with Crippen LogP contribution in [0.15, 0.2) is 18.2 Å². The second-order valence-electron chi connectivity index (χ2n) is 7.64. The molecule has 0 radical (unpaired) electrons. The van der Waals surface area contributed by atoms with Gasteiger partial charge < -0.3 is 14.7 Å². The Balaban J connectivity index is 1.62. The molecule has 1 atom stereocenters. The number of β-amino-alcohol motifs (C(OH)–C–C–N with tert-alkyl or cyclic N) is 1. The zero-order valence-corrected chi connectivity index (χ0v) is 15.8. The maximum atomic E-state index is 12.9. The zero-order valence-electron chi connectivity index (χ0n) is 15.8. The Labute approximate surface area is 154 Å². The molecule has 1 saturated heterocycles. The van der Waals surface area contributed by atoms with E-state index < -0.39 is 11.6 Å². The molecule has 6 heteroatoms. The minimum atomic E-state index is -0.921. The first kappa shape index (κ1) is 18.7. The monoisotopic (exact) mass is 360 g/mol. The summed E-state index contributed by atoms with van der Waals surface area (Å²) in [6, 6.07) is 5.53. The van der Waals surface area contributed by atoms with Crippen molar-refractivity contribution in [3.63, 3.8) is 0 Å². The Morgan fingerprint density at radius 1 is 1.12 bits per heavy atom. The van der Waals surface area contributed by atoms with Crippen LogP contribution in [0.2, 0.25) is 0 Å². The van der Waals surface area contributed by atoms with E-state index in [9.17, 15) is 14.7 Å². The van der Waals surface area contributed by atoms with Gasteiger partial charge in [-0.1, -0.05) is 25.3 Å². The molecule has 1 saturated carbocycles. The van der Waals surface area contributed by atoms with Crippen molar-refractivity contribution in [1.29, 1.82) is 0 Å². The van der Waals surface area contributed by atoms with Crippen LogP contribution < -0.4 is 4.74 Å². The molecule has 2 aliphatic rings. The van der Waals surface area contributed by atoms with Crippen molar-refractivity contribution in [3.05, 3.63) is 29.3 Å². The van der Waals surface area contributed by atoms with Crippen LogP contribution in [-0.4, -0.2) is 58.7 Å². The van der Waals surface area contributed by atoms with Crippen molar-refractivity contribution in [2.75, 3.05) is 20.2 Å². The van der Waals surface area contributed by atoms with Crippen LogP contribution in [-0.2, 0) is 4.79 Å². The lowest BCUT2D eigenvalue weighted by Gasteiger charge is -2.35. The molecule has 6 nitrogen and oxygen atoms in total. The van der Waals surface area contributed by atoms with Gasteiger partial charge in [0, 0.05) is 7.05 Å². The van der Waals surface area contributed by atoms with E-state index in [4.69, 9.17) is 4.74 Å². The van der Waals surface area contributed by atoms with Gasteiger partial charge in [-0.2, -0.15) is 0 Å². The van der Waals surface area contributed by atoms with Crippen molar-refractivity contribution in [3.8, 4) is 5.75 Å². The molecule has 1 aromatic rings. The number of carbonyl (C=O) groups excluding carboxylic acids is 2. The van der Waals surface area contributed by atoms with E-state index in [1.807, 2.05) is 32.0 Å². The number of imide groups is 1. The van der Waals surface area contributed by atoms with Crippen LogP contribution in [0.3, 0.4) is 0 Å². The van der Waals surface area contributed by atoms with Gasteiger partial charge in [-0.05, 0) is 49.9 Å². The molecule has 26 heavy (non-hydrogen) atoms. The number of likely N-dealkylation sites (N-methyl/N-ethyl adjacent to an activating group) is 1. The highest BCUT2D eigenvalue weighted by Gasteiger charge is 2.55. The summed E-state index contributed by atoms with van der Waals surface area (Å²) in [5.41, 5.74) is 1.46. The highest BCUT2D eigenvalue weighted by atomic mass is 16.5. The molecule has 1 aliphatic carbocycles. The molecule has 1 unspecified atom stereocenters. The van der Waals surface area contributed by atoms with E-state index in [1.54, 1.807) is 11.9 Å². The number of hydrogen-bond donors (Lipinski definition) is 1. The van der Waals surface area contributed by atoms with Crippen LogP contribution in [0.1, 0.15) is 43.2 Å². The molecule has 142 valence electrons. The molecule has 0 bridgehead atoms. The Morgan fingerprint density at radius 3 is 2.35 bits per heavy atom. The summed E-state index contributed by atoms with van der Waals surface area (Å²) in [7, 11) is 1.70. The number of benzene rings is 1. The Kier molecular flexibility index (Phi) is 5.23. The number of rotatable bonds is 5. The van der Waals surface area contributed by atoms with Gasteiger partial charge in [0.1, 0.15) is 24.0 Å². The molecule has 3 amide bonds. The van der Waals surface area contributed by atoms with Crippen LogP contribution in [0.4, 0.5) is 4.79 Å². The second-order valence-corrected chi connectivity index (χ2v) is 7.64. The van der Waals surface area contributed by atoms with Crippen molar-refractivity contribution < 1.29 is 19.4 Å². The van der Waals surface area contributed by atoms with Gasteiger partial charge in [0.25, 0.3) is 5.91 Å². The highest BCUT2D eigenvalue weighted by Crippen LogP contribution is 2.39. The number of ether oxygens (including phenoxy) is 1. The number of amides is 3. The molecular formula is C20H28N2O4. The summed E-state index contributed by atoms with van der Waals surface area (Å²) in [4.78, 5) is 28.3. The van der Waals surface area contributed by atoms with Crippen molar-refractivity contribution in [2.24, 2.45) is 0 Å². The number of nitrogens with zero attached hydrogens (tertiary/aromatic N) is 2. The molecule has 1 aromatic carbocycles. The maximum Gasteiger partial charge on any atom is 0.327 e. The van der Waals surface area contributed by atoms with Crippen LogP contribution in [0.25, 0.3) is 0 Å². The van der Waals surface area contributed by atoms with Gasteiger partial charge in [0.05, 0.1) is 6.54 Å². The minimum absolute atomic E-state index is 0.0332. The van der Waals surface area contributed by atoms with Gasteiger partial charge in [-0.15, -0.1) is 0 Å². The third-order valence-corrected chi connectivity index (χ3v) is 5.51. The first-order valence-corrected chi connectivity index (χ1v) is 9.32. The number of aliphatic hydroxyl groups is 1. The van der Waals surface area contributed by atoms with E-state index in [0.29, 0.717) is 18.6 Å². The Hall–Kier alpha value is -2.08. The molecule has 1 spiro atoms. The summed E-state index contributed by atoms with van der Waals surface area (Å²) in [6.07, 6.45) is 3.50. The van der Waals surface area contributed by atoms with Crippen molar-refractivity contribution in [1.82, 2.24) is 9.80 Å². The van der Waals surface area contributed by atoms with Gasteiger partial charge in [0.2, 0.25) is 0 Å². The average Bonchev–Trinajstić information content (AvgIpc) is 2.76. The summed E-state index contributed by atoms with van der Waals surface area (Å²) < 4.78 is 5.66. The molecule has 3 rings (SSSR count). The smallest absolute Gasteiger partial charge is 0.327 e. The van der Waals surface area contributed by atoms with Crippen LogP contribution in [0.5, 0.6) is 5.75 Å². The SMILES string of the molecule is Cc1cc(C)cc(OCC(O)CN2C(=O)N(C)C3(CCCCC3)C2=O)c1. The molecule has 1 heterocycles. The summed E-state index contributed by atoms with van der Waals surface area (Å²) in [5, 5.41) is 10.3.